The van der Waals surface area contributed by atoms with Crippen molar-refractivity contribution in [2.45, 2.75) is 32.1 Å². The van der Waals surface area contributed by atoms with Gasteiger partial charge in [-0.2, -0.15) is 0 Å². The van der Waals surface area contributed by atoms with Crippen molar-refractivity contribution in [3.05, 3.63) is 83.2 Å². The molecule has 0 radical (unpaired) electrons. The molecule has 9 heteroatoms. The van der Waals surface area contributed by atoms with E-state index in [0.29, 0.717) is 34.9 Å². The van der Waals surface area contributed by atoms with Crippen molar-refractivity contribution in [2.24, 2.45) is 0 Å². The second-order valence-corrected chi connectivity index (χ2v) is 11.4. The number of carbonyl (C=O) groups is 2. The first kappa shape index (κ1) is 25.4. The SMILES string of the molecule is CCCN(c1ccc2sc(C(=O)Nc3ccc(NC(C)=O)cc3)cc2c1)S(=O)(=O)c1ccc(C)cc1. The maximum Gasteiger partial charge on any atom is 0.265 e. The molecule has 186 valence electrons. The van der Waals surface area contributed by atoms with E-state index in [1.54, 1.807) is 60.7 Å². The summed E-state index contributed by atoms with van der Waals surface area (Å²) in [7, 11) is -3.73. The molecule has 0 aliphatic carbocycles. The maximum atomic E-state index is 13.4. The molecule has 1 heterocycles. The highest BCUT2D eigenvalue weighted by Crippen LogP contribution is 2.32. The van der Waals surface area contributed by atoms with Crippen molar-refractivity contribution < 1.29 is 18.0 Å². The third-order valence-electron chi connectivity index (χ3n) is 5.51. The predicted molar refractivity (Wildman–Crippen MR) is 147 cm³/mol. The summed E-state index contributed by atoms with van der Waals surface area (Å²) < 4.78 is 29.1. The second kappa shape index (κ2) is 10.5. The van der Waals surface area contributed by atoms with E-state index >= 15 is 0 Å². The van der Waals surface area contributed by atoms with E-state index in [1.807, 2.05) is 26.0 Å². The molecule has 0 spiro atoms. The van der Waals surface area contributed by atoms with Gasteiger partial charge in [-0.1, -0.05) is 24.6 Å². The number of anilines is 3. The molecule has 0 unspecified atom stereocenters. The zero-order chi connectivity index (χ0) is 25.9. The van der Waals surface area contributed by atoms with Gasteiger partial charge in [0, 0.05) is 29.5 Å². The van der Waals surface area contributed by atoms with Gasteiger partial charge in [0.2, 0.25) is 5.91 Å². The lowest BCUT2D eigenvalue weighted by Crippen LogP contribution is -2.31. The number of nitrogens with one attached hydrogen (secondary N) is 2. The fourth-order valence-electron chi connectivity index (χ4n) is 3.76. The van der Waals surface area contributed by atoms with Crippen LogP contribution < -0.4 is 14.9 Å². The molecule has 3 aromatic carbocycles. The molecule has 0 aliphatic heterocycles. The quantitative estimate of drug-likeness (QED) is 0.296. The fourth-order valence-corrected chi connectivity index (χ4v) is 6.25. The summed E-state index contributed by atoms with van der Waals surface area (Å²) in [5, 5.41) is 6.34. The number of fused-ring (bicyclic) bond motifs is 1. The van der Waals surface area contributed by atoms with E-state index in [2.05, 4.69) is 10.6 Å². The molecular weight excluding hydrogens is 494 g/mol. The topological polar surface area (TPSA) is 95.6 Å². The lowest BCUT2D eigenvalue weighted by molar-refractivity contribution is -0.114. The molecule has 1 aromatic heterocycles. The summed E-state index contributed by atoms with van der Waals surface area (Å²) in [6.45, 7) is 5.63. The summed E-state index contributed by atoms with van der Waals surface area (Å²) in [5.41, 5.74) is 2.80. The first-order valence-electron chi connectivity index (χ1n) is 11.5. The van der Waals surface area contributed by atoms with Gasteiger partial charge in [-0.25, -0.2) is 8.42 Å². The van der Waals surface area contributed by atoms with Crippen molar-refractivity contribution in [1.29, 1.82) is 0 Å². The van der Waals surface area contributed by atoms with Gasteiger partial charge >= 0.3 is 0 Å². The number of sulfonamides is 1. The Kier molecular flexibility index (Phi) is 7.42. The summed E-state index contributed by atoms with van der Waals surface area (Å²) in [6, 6.07) is 20.9. The third-order valence-corrected chi connectivity index (χ3v) is 8.47. The Bertz CT molecular complexity index is 1510. The van der Waals surface area contributed by atoms with Gasteiger partial charge in [-0.05, 0) is 79.4 Å². The molecule has 0 atom stereocenters. The molecule has 36 heavy (non-hydrogen) atoms. The number of hydrogen-bond donors (Lipinski definition) is 2. The van der Waals surface area contributed by atoms with E-state index in [1.165, 1.54) is 22.6 Å². The van der Waals surface area contributed by atoms with Crippen LogP contribution in [0.25, 0.3) is 10.1 Å². The molecule has 4 aromatic rings. The van der Waals surface area contributed by atoms with Crippen LogP contribution in [-0.4, -0.2) is 26.8 Å². The van der Waals surface area contributed by atoms with Crippen LogP contribution in [0.2, 0.25) is 0 Å². The van der Waals surface area contributed by atoms with Crippen LogP contribution in [0.15, 0.2) is 77.7 Å². The van der Waals surface area contributed by atoms with E-state index in [0.717, 1.165) is 15.6 Å². The normalized spacial score (nSPS) is 11.3. The van der Waals surface area contributed by atoms with Crippen molar-refractivity contribution in [3.63, 3.8) is 0 Å². The first-order valence-corrected chi connectivity index (χ1v) is 13.7. The molecule has 0 saturated heterocycles. The maximum absolute atomic E-state index is 13.4. The zero-order valence-corrected chi connectivity index (χ0v) is 21.9. The summed E-state index contributed by atoms with van der Waals surface area (Å²) in [4.78, 5) is 24.8. The van der Waals surface area contributed by atoms with Gasteiger partial charge in [0.15, 0.2) is 0 Å². The molecule has 2 N–H and O–H groups in total. The van der Waals surface area contributed by atoms with Crippen LogP contribution in [0.1, 0.15) is 35.5 Å². The Hall–Kier alpha value is -3.69. The van der Waals surface area contributed by atoms with Crippen molar-refractivity contribution in [1.82, 2.24) is 0 Å². The van der Waals surface area contributed by atoms with Crippen LogP contribution in [0.3, 0.4) is 0 Å². The number of nitrogens with zero attached hydrogens (tertiary/aromatic N) is 1. The van der Waals surface area contributed by atoms with Gasteiger partial charge in [0.1, 0.15) is 0 Å². The summed E-state index contributed by atoms with van der Waals surface area (Å²) >= 11 is 1.34. The number of amides is 2. The highest BCUT2D eigenvalue weighted by Gasteiger charge is 2.25. The number of thiophene rings is 1. The van der Waals surface area contributed by atoms with Crippen molar-refractivity contribution >= 4 is 60.3 Å². The molecule has 0 bridgehead atoms. The lowest BCUT2D eigenvalue weighted by atomic mass is 10.2. The Morgan fingerprint density at radius 1 is 0.889 bits per heavy atom. The predicted octanol–water partition coefficient (Wildman–Crippen LogP) is 6.03. The first-order chi connectivity index (χ1) is 17.2. The number of rotatable bonds is 8. The average Bonchev–Trinajstić information content (AvgIpc) is 3.27. The van der Waals surface area contributed by atoms with E-state index in [9.17, 15) is 18.0 Å². The lowest BCUT2D eigenvalue weighted by Gasteiger charge is -2.24. The molecular formula is C27H27N3O4S2. The highest BCUT2D eigenvalue weighted by atomic mass is 32.2. The Morgan fingerprint density at radius 2 is 1.53 bits per heavy atom. The number of benzene rings is 3. The zero-order valence-electron chi connectivity index (χ0n) is 20.2. The van der Waals surface area contributed by atoms with E-state index in [-0.39, 0.29) is 16.7 Å². The molecule has 0 aliphatic rings. The monoisotopic (exact) mass is 521 g/mol. The van der Waals surface area contributed by atoms with Gasteiger partial charge in [0.05, 0.1) is 15.5 Å². The second-order valence-electron chi connectivity index (χ2n) is 8.44. The van der Waals surface area contributed by atoms with Crippen molar-refractivity contribution in [3.8, 4) is 0 Å². The van der Waals surface area contributed by atoms with E-state index < -0.39 is 10.0 Å². The number of carbonyl (C=O) groups excluding carboxylic acids is 2. The Balaban J connectivity index is 1.58. The van der Waals surface area contributed by atoms with Crippen LogP contribution >= 0.6 is 11.3 Å². The Labute approximate surface area is 214 Å². The Morgan fingerprint density at radius 3 is 2.14 bits per heavy atom. The van der Waals surface area contributed by atoms with E-state index in [4.69, 9.17) is 0 Å². The molecule has 2 amide bonds. The standard InChI is InChI=1S/C27H27N3O4S2/c1-4-15-30(36(33,34)24-12-5-18(2)6-13-24)23-11-14-25-20(16-23)17-26(35-25)27(32)29-22-9-7-21(8-10-22)28-19(3)31/h5-14,16-17H,4,15H2,1-3H3,(H,28,31)(H,29,32). The molecule has 4 rings (SSSR count). The van der Waals surface area contributed by atoms with Crippen LogP contribution in [0, 0.1) is 6.92 Å². The average molecular weight is 522 g/mol. The third kappa shape index (κ3) is 5.58. The minimum Gasteiger partial charge on any atom is -0.326 e. The van der Waals surface area contributed by atoms with Crippen molar-refractivity contribution in [2.75, 3.05) is 21.5 Å². The van der Waals surface area contributed by atoms with Gasteiger partial charge in [-0.15, -0.1) is 11.3 Å². The summed E-state index contributed by atoms with van der Waals surface area (Å²) in [5.74, 6) is -0.427. The van der Waals surface area contributed by atoms with Gasteiger partial charge < -0.3 is 10.6 Å². The molecule has 0 saturated carbocycles. The smallest absolute Gasteiger partial charge is 0.265 e. The number of aryl methyl sites for hydroxylation is 1. The highest BCUT2D eigenvalue weighted by molar-refractivity contribution is 7.92. The number of hydrogen-bond acceptors (Lipinski definition) is 5. The molecule has 0 fully saturated rings. The fraction of sp³-hybridized carbons (Fsp3) is 0.185. The van der Waals surface area contributed by atoms with Crippen LogP contribution in [0.4, 0.5) is 17.1 Å². The van der Waals surface area contributed by atoms with Crippen LogP contribution in [-0.2, 0) is 14.8 Å². The minimum absolute atomic E-state index is 0.166. The van der Waals surface area contributed by atoms with Gasteiger partial charge in [0.25, 0.3) is 15.9 Å². The summed E-state index contributed by atoms with van der Waals surface area (Å²) in [6.07, 6.45) is 0.654. The minimum atomic E-state index is -3.73. The van der Waals surface area contributed by atoms with Crippen LogP contribution in [0.5, 0.6) is 0 Å². The largest absolute Gasteiger partial charge is 0.326 e. The van der Waals surface area contributed by atoms with Gasteiger partial charge in [-0.3, -0.25) is 13.9 Å². The molecule has 7 nitrogen and oxygen atoms in total.